The average Bonchev–Trinajstić information content (AvgIpc) is 3.30. The first kappa shape index (κ1) is 24.4. The lowest BCUT2D eigenvalue weighted by atomic mass is 10.00. The smallest absolute Gasteiger partial charge is 0.224 e. The van der Waals surface area contributed by atoms with Crippen molar-refractivity contribution in [3.8, 4) is 5.75 Å². The Kier molecular flexibility index (Phi) is 9.65. The van der Waals surface area contributed by atoms with Crippen LogP contribution in [0.2, 0.25) is 0 Å². The maximum Gasteiger partial charge on any atom is 0.224 e. The number of likely N-dealkylation sites (tertiary alicyclic amines) is 1. The molecular formula is C25H40N4O3. The molecule has 2 heterocycles. The number of rotatable bonds is 9. The maximum atomic E-state index is 12.5. The molecule has 0 aromatic heterocycles. The predicted octanol–water partition coefficient (Wildman–Crippen LogP) is 3.26. The van der Waals surface area contributed by atoms with Gasteiger partial charge >= 0.3 is 0 Å². The van der Waals surface area contributed by atoms with E-state index in [4.69, 9.17) is 14.5 Å². The lowest BCUT2D eigenvalue weighted by Crippen LogP contribution is -2.42. The summed E-state index contributed by atoms with van der Waals surface area (Å²) in [6.45, 7) is 11.4. The van der Waals surface area contributed by atoms with Gasteiger partial charge in [0.25, 0.3) is 0 Å². The van der Waals surface area contributed by atoms with Crippen molar-refractivity contribution in [3.05, 3.63) is 29.3 Å². The summed E-state index contributed by atoms with van der Waals surface area (Å²) in [4.78, 5) is 19.3. The van der Waals surface area contributed by atoms with Gasteiger partial charge in [-0.2, -0.15) is 0 Å². The van der Waals surface area contributed by atoms with E-state index in [0.29, 0.717) is 32.0 Å². The average molecular weight is 445 g/mol. The third-order valence-corrected chi connectivity index (χ3v) is 6.06. The van der Waals surface area contributed by atoms with Crippen LogP contribution in [0.1, 0.15) is 57.1 Å². The normalized spacial score (nSPS) is 21.5. The maximum absolute atomic E-state index is 12.5. The van der Waals surface area contributed by atoms with Crippen LogP contribution in [-0.4, -0.2) is 62.3 Å². The van der Waals surface area contributed by atoms with E-state index in [2.05, 4.69) is 42.7 Å². The van der Waals surface area contributed by atoms with E-state index < -0.39 is 0 Å². The van der Waals surface area contributed by atoms with Gasteiger partial charge in [0.05, 0.1) is 12.6 Å². The SMILES string of the molecule is CCNC(=NCc1ccc(C)cc1OCC1CCCO1)NCCC(=O)N1CCCC(C)C1. The Morgan fingerprint density at radius 2 is 2.16 bits per heavy atom. The number of hydrogen-bond donors (Lipinski definition) is 2. The summed E-state index contributed by atoms with van der Waals surface area (Å²) in [5.41, 5.74) is 2.21. The number of carbonyl (C=O) groups is 1. The van der Waals surface area contributed by atoms with Crippen LogP contribution >= 0.6 is 0 Å². The van der Waals surface area contributed by atoms with Crippen LogP contribution in [0.3, 0.4) is 0 Å². The molecule has 0 aliphatic carbocycles. The monoisotopic (exact) mass is 444 g/mol. The highest BCUT2D eigenvalue weighted by Gasteiger charge is 2.20. The molecule has 0 spiro atoms. The van der Waals surface area contributed by atoms with E-state index in [9.17, 15) is 4.79 Å². The number of aliphatic imine (C=N–C) groups is 1. The third kappa shape index (κ3) is 7.69. The summed E-state index contributed by atoms with van der Waals surface area (Å²) in [6.07, 6.45) is 5.16. The van der Waals surface area contributed by atoms with Crippen molar-refractivity contribution in [2.24, 2.45) is 10.9 Å². The molecule has 0 radical (unpaired) electrons. The molecule has 2 aliphatic heterocycles. The minimum atomic E-state index is 0.186. The van der Waals surface area contributed by atoms with Gasteiger partial charge in [-0.25, -0.2) is 4.99 Å². The summed E-state index contributed by atoms with van der Waals surface area (Å²) >= 11 is 0. The molecule has 0 saturated carbocycles. The predicted molar refractivity (Wildman–Crippen MR) is 128 cm³/mol. The van der Waals surface area contributed by atoms with Gasteiger partial charge in [-0.1, -0.05) is 19.1 Å². The zero-order valence-electron chi connectivity index (χ0n) is 20.0. The number of aryl methyl sites for hydroxylation is 1. The molecule has 2 saturated heterocycles. The van der Waals surface area contributed by atoms with E-state index in [0.717, 1.165) is 68.3 Å². The fraction of sp³-hybridized carbons (Fsp3) is 0.680. The topological polar surface area (TPSA) is 75.2 Å². The number of piperidine rings is 1. The number of ether oxygens (including phenoxy) is 2. The first-order chi connectivity index (χ1) is 15.5. The Morgan fingerprint density at radius 1 is 1.28 bits per heavy atom. The largest absolute Gasteiger partial charge is 0.491 e. The first-order valence-electron chi connectivity index (χ1n) is 12.2. The van der Waals surface area contributed by atoms with Crippen LogP contribution in [0.4, 0.5) is 0 Å². The second kappa shape index (κ2) is 12.7. The van der Waals surface area contributed by atoms with Crippen molar-refractivity contribution in [3.63, 3.8) is 0 Å². The Morgan fingerprint density at radius 3 is 2.91 bits per heavy atom. The van der Waals surface area contributed by atoms with Gasteiger partial charge in [-0.15, -0.1) is 0 Å². The number of nitrogens with zero attached hydrogens (tertiary/aromatic N) is 2. The van der Waals surface area contributed by atoms with Gasteiger partial charge in [0, 0.05) is 44.8 Å². The fourth-order valence-electron chi connectivity index (χ4n) is 4.25. The molecular weight excluding hydrogens is 404 g/mol. The molecule has 1 aromatic rings. The molecule has 1 aromatic carbocycles. The van der Waals surface area contributed by atoms with Gasteiger partial charge in [0.2, 0.25) is 5.91 Å². The van der Waals surface area contributed by atoms with E-state index in [-0.39, 0.29) is 12.0 Å². The molecule has 3 rings (SSSR count). The number of carbonyl (C=O) groups excluding carboxylic acids is 1. The van der Waals surface area contributed by atoms with Gasteiger partial charge in [-0.3, -0.25) is 4.79 Å². The summed E-state index contributed by atoms with van der Waals surface area (Å²) in [7, 11) is 0. The number of amides is 1. The molecule has 2 atom stereocenters. The number of nitrogens with one attached hydrogen (secondary N) is 2. The molecule has 178 valence electrons. The zero-order chi connectivity index (χ0) is 22.8. The van der Waals surface area contributed by atoms with Crippen LogP contribution in [0.15, 0.2) is 23.2 Å². The van der Waals surface area contributed by atoms with Gasteiger partial charge in [0.1, 0.15) is 12.4 Å². The summed E-state index contributed by atoms with van der Waals surface area (Å²) in [6, 6.07) is 6.23. The van der Waals surface area contributed by atoms with Crippen molar-refractivity contribution in [1.82, 2.24) is 15.5 Å². The molecule has 2 aliphatic rings. The Hall–Kier alpha value is -2.28. The van der Waals surface area contributed by atoms with Crippen LogP contribution < -0.4 is 15.4 Å². The molecule has 7 nitrogen and oxygen atoms in total. The standard InChI is InChI=1S/C25H40N4O3/c1-4-26-25(27-12-11-24(30)29-13-5-7-20(3)17-29)28-16-21-10-9-19(2)15-23(21)32-18-22-8-6-14-31-22/h9-10,15,20,22H,4-8,11-14,16-18H2,1-3H3,(H2,26,27,28). The quantitative estimate of drug-likeness (QED) is 0.452. The fourth-order valence-corrected chi connectivity index (χ4v) is 4.25. The van der Waals surface area contributed by atoms with Crippen molar-refractivity contribution in [2.75, 3.05) is 39.4 Å². The van der Waals surface area contributed by atoms with Gasteiger partial charge < -0.3 is 25.0 Å². The van der Waals surface area contributed by atoms with Crippen LogP contribution in [0, 0.1) is 12.8 Å². The molecule has 32 heavy (non-hydrogen) atoms. The zero-order valence-corrected chi connectivity index (χ0v) is 20.0. The number of hydrogen-bond acceptors (Lipinski definition) is 4. The van der Waals surface area contributed by atoms with E-state index >= 15 is 0 Å². The highest BCUT2D eigenvalue weighted by atomic mass is 16.5. The Labute approximate surface area is 192 Å². The molecule has 7 heteroatoms. The third-order valence-electron chi connectivity index (χ3n) is 6.06. The second-order valence-electron chi connectivity index (χ2n) is 9.02. The summed E-state index contributed by atoms with van der Waals surface area (Å²) in [5, 5.41) is 6.58. The summed E-state index contributed by atoms with van der Waals surface area (Å²) < 4.78 is 11.8. The van der Waals surface area contributed by atoms with Crippen molar-refractivity contribution < 1.29 is 14.3 Å². The lowest BCUT2D eigenvalue weighted by Gasteiger charge is -2.31. The highest BCUT2D eigenvalue weighted by Crippen LogP contribution is 2.23. The van der Waals surface area contributed by atoms with Crippen molar-refractivity contribution in [1.29, 1.82) is 0 Å². The lowest BCUT2D eigenvalue weighted by molar-refractivity contribution is -0.132. The minimum Gasteiger partial charge on any atom is -0.491 e. The van der Waals surface area contributed by atoms with Crippen molar-refractivity contribution >= 4 is 11.9 Å². The van der Waals surface area contributed by atoms with Crippen LogP contribution in [0.25, 0.3) is 0 Å². The van der Waals surface area contributed by atoms with Crippen molar-refractivity contribution in [2.45, 2.75) is 65.5 Å². The molecule has 2 fully saturated rings. The molecule has 1 amide bonds. The first-order valence-corrected chi connectivity index (χ1v) is 12.2. The minimum absolute atomic E-state index is 0.186. The van der Waals surface area contributed by atoms with E-state index in [1.165, 1.54) is 6.42 Å². The molecule has 0 bridgehead atoms. The van der Waals surface area contributed by atoms with Gasteiger partial charge in [-0.05, 0) is 57.1 Å². The van der Waals surface area contributed by atoms with E-state index in [1.807, 2.05) is 11.8 Å². The molecule has 2 N–H and O–H groups in total. The van der Waals surface area contributed by atoms with Gasteiger partial charge in [0.15, 0.2) is 5.96 Å². The van der Waals surface area contributed by atoms with Crippen LogP contribution in [0.5, 0.6) is 5.75 Å². The number of guanidine groups is 1. The second-order valence-corrected chi connectivity index (χ2v) is 9.02. The highest BCUT2D eigenvalue weighted by molar-refractivity contribution is 5.81. The Bertz CT molecular complexity index is 762. The summed E-state index contributed by atoms with van der Waals surface area (Å²) in [5.74, 6) is 2.42. The van der Waals surface area contributed by atoms with E-state index in [1.54, 1.807) is 0 Å². The Balaban J connectivity index is 1.53. The van der Waals surface area contributed by atoms with Crippen LogP contribution in [-0.2, 0) is 16.1 Å². The molecule has 2 unspecified atom stereocenters. The number of benzene rings is 1.